The highest BCUT2D eigenvalue weighted by Gasteiger charge is 2.20. The number of hydrogen-bond donors (Lipinski definition) is 2. The number of methoxy groups -OCH3 is 1. The molecule has 3 aromatic carbocycles. The SMILES string of the molecule is COc1ccc(-c2[nH]c3ccccc3c2CCC(=O)N2CC=C(c3ccc(O)cc3)CC2)cc1. The highest BCUT2D eigenvalue weighted by Crippen LogP contribution is 2.32. The van der Waals surface area contributed by atoms with Gasteiger partial charge in [-0.1, -0.05) is 36.4 Å². The number of fused-ring (bicyclic) bond motifs is 1. The van der Waals surface area contributed by atoms with E-state index in [9.17, 15) is 9.90 Å². The minimum Gasteiger partial charge on any atom is -0.508 e. The van der Waals surface area contributed by atoms with E-state index in [1.54, 1.807) is 19.2 Å². The zero-order valence-electron chi connectivity index (χ0n) is 19.3. The number of H-pyrrole nitrogens is 1. The predicted molar refractivity (Wildman–Crippen MR) is 136 cm³/mol. The molecule has 1 aliphatic heterocycles. The zero-order valence-corrected chi connectivity index (χ0v) is 19.3. The summed E-state index contributed by atoms with van der Waals surface area (Å²) >= 11 is 0. The molecule has 0 unspecified atom stereocenters. The Bertz CT molecular complexity index is 1330. The molecule has 0 bridgehead atoms. The Morgan fingerprint density at radius 1 is 1.00 bits per heavy atom. The molecule has 34 heavy (non-hydrogen) atoms. The van der Waals surface area contributed by atoms with Crippen molar-refractivity contribution in [1.82, 2.24) is 9.88 Å². The number of aromatic amines is 1. The minimum atomic E-state index is 0.173. The van der Waals surface area contributed by atoms with Gasteiger partial charge in [0.15, 0.2) is 0 Å². The Hall–Kier alpha value is -3.99. The van der Waals surface area contributed by atoms with E-state index in [1.807, 2.05) is 41.3 Å². The van der Waals surface area contributed by atoms with Crippen LogP contribution in [-0.2, 0) is 11.2 Å². The molecule has 172 valence electrons. The Labute approximate surface area is 199 Å². The van der Waals surface area contributed by atoms with Crippen LogP contribution in [0.2, 0.25) is 0 Å². The molecule has 0 saturated carbocycles. The highest BCUT2D eigenvalue weighted by molar-refractivity contribution is 5.91. The molecule has 0 fully saturated rings. The maximum Gasteiger partial charge on any atom is 0.223 e. The van der Waals surface area contributed by atoms with E-state index < -0.39 is 0 Å². The van der Waals surface area contributed by atoms with E-state index >= 15 is 0 Å². The number of carbonyl (C=O) groups excluding carboxylic acids is 1. The number of hydrogen-bond acceptors (Lipinski definition) is 3. The van der Waals surface area contributed by atoms with Gasteiger partial charge in [0.05, 0.1) is 7.11 Å². The lowest BCUT2D eigenvalue weighted by atomic mass is 9.98. The van der Waals surface area contributed by atoms with E-state index in [2.05, 4.69) is 35.3 Å². The van der Waals surface area contributed by atoms with Gasteiger partial charge in [0.2, 0.25) is 5.91 Å². The second kappa shape index (κ2) is 9.48. The number of amides is 1. The van der Waals surface area contributed by atoms with E-state index in [0.717, 1.165) is 39.9 Å². The van der Waals surface area contributed by atoms with Crippen molar-refractivity contribution >= 4 is 22.4 Å². The number of phenolic OH excluding ortho intramolecular Hbond substituents is 1. The summed E-state index contributed by atoms with van der Waals surface area (Å²) in [5.41, 5.74) is 6.72. The van der Waals surface area contributed by atoms with E-state index in [1.165, 1.54) is 11.1 Å². The van der Waals surface area contributed by atoms with Gasteiger partial charge in [-0.2, -0.15) is 0 Å². The smallest absolute Gasteiger partial charge is 0.223 e. The lowest BCUT2D eigenvalue weighted by Gasteiger charge is -2.27. The molecule has 0 spiro atoms. The van der Waals surface area contributed by atoms with Gasteiger partial charge in [0.1, 0.15) is 11.5 Å². The monoisotopic (exact) mass is 452 g/mol. The van der Waals surface area contributed by atoms with Gasteiger partial charge in [-0.3, -0.25) is 4.79 Å². The first-order chi connectivity index (χ1) is 16.6. The number of phenols is 1. The van der Waals surface area contributed by atoms with Crippen molar-refractivity contribution in [2.75, 3.05) is 20.2 Å². The van der Waals surface area contributed by atoms with Crippen molar-refractivity contribution < 1.29 is 14.6 Å². The average molecular weight is 453 g/mol. The van der Waals surface area contributed by atoms with Crippen molar-refractivity contribution in [3.63, 3.8) is 0 Å². The van der Waals surface area contributed by atoms with Gasteiger partial charge in [-0.15, -0.1) is 0 Å². The van der Waals surface area contributed by atoms with Crippen LogP contribution in [-0.4, -0.2) is 41.1 Å². The van der Waals surface area contributed by atoms with Crippen molar-refractivity contribution in [2.24, 2.45) is 0 Å². The van der Waals surface area contributed by atoms with Gasteiger partial charge < -0.3 is 19.7 Å². The molecule has 1 aromatic heterocycles. The normalized spacial score (nSPS) is 13.7. The highest BCUT2D eigenvalue weighted by atomic mass is 16.5. The molecule has 0 radical (unpaired) electrons. The standard InChI is InChI=1S/C29H28N2O3/c1-34-24-12-8-22(9-13-24)29-26(25-4-2-3-5-27(25)30-29)14-15-28(33)31-18-16-21(17-19-31)20-6-10-23(32)11-7-20/h2-13,16,30,32H,14-15,17-19H2,1H3. The fourth-order valence-corrected chi connectivity index (χ4v) is 4.69. The maximum atomic E-state index is 13.1. The molecule has 0 atom stereocenters. The summed E-state index contributed by atoms with van der Waals surface area (Å²) in [5.74, 6) is 1.26. The number of aromatic hydroxyl groups is 1. The van der Waals surface area contributed by atoms with Crippen LogP contribution in [0.25, 0.3) is 27.7 Å². The number of ether oxygens (including phenoxy) is 1. The number of para-hydroxylation sites is 1. The molecule has 5 nitrogen and oxygen atoms in total. The van der Waals surface area contributed by atoms with E-state index in [0.29, 0.717) is 25.9 Å². The fraction of sp³-hybridized carbons (Fsp3) is 0.207. The summed E-state index contributed by atoms with van der Waals surface area (Å²) in [5, 5.41) is 10.7. The van der Waals surface area contributed by atoms with Crippen molar-refractivity contribution in [3.05, 3.63) is 90.0 Å². The zero-order chi connectivity index (χ0) is 23.5. The van der Waals surface area contributed by atoms with Crippen LogP contribution in [0.5, 0.6) is 11.5 Å². The average Bonchev–Trinajstić information content (AvgIpc) is 3.26. The lowest BCUT2D eigenvalue weighted by Crippen LogP contribution is -2.34. The minimum absolute atomic E-state index is 0.173. The molecule has 2 N–H and O–H groups in total. The topological polar surface area (TPSA) is 65.6 Å². The fourth-order valence-electron chi connectivity index (χ4n) is 4.69. The third-order valence-corrected chi connectivity index (χ3v) is 6.58. The Morgan fingerprint density at radius 3 is 2.44 bits per heavy atom. The molecular weight excluding hydrogens is 424 g/mol. The summed E-state index contributed by atoms with van der Waals surface area (Å²) in [6.07, 6.45) is 4.09. The second-order valence-corrected chi connectivity index (χ2v) is 8.62. The summed E-state index contributed by atoms with van der Waals surface area (Å²) in [6.45, 7) is 1.33. The van der Waals surface area contributed by atoms with Crippen LogP contribution < -0.4 is 4.74 Å². The summed E-state index contributed by atoms with van der Waals surface area (Å²) in [6, 6.07) is 23.5. The van der Waals surface area contributed by atoms with Crippen LogP contribution in [0.3, 0.4) is 0 Å². The third-order valence-electron chi connectivity index (χ3n) is 6.58. The van der Waals surface area contributed by atoms with Gasteiger partial charge in [0, 0.05) is 36.1 Å². The van der Waals surface area contributed by atoms with Crippen molar-refractivity contribution in [2.45, 2.75) is 19.3 Å². The molecular formula is C29H28N2O3. The summed E-state index contributed by atoms with van der Waals surface area (Å²) in [7, 11) is 1.67. The summed E-state index contributed by atoms with van der Waals surface area (Å²) in [4.78, 5) is 18.6. The van der Waals surface area contributed by atoms with E-state index in [-0.39, 0.29) is 11.7 Å². The number of aromatic nitrogens is 1. The Kier molecular flexibility index (Phi) is 6.09. The van der Waals surface area contributed by atoms with Gasteiger partial charge in [0.25, 0.3) is 0 Å². The molecule has 5 rings (SSSR count). The molecule has 0 aliphatic carbocycles. The number of rotatable bonds is 6. The number of nitrogens with zero attached hydrogens (tertiary/aromatic N) is 1. The number of nitrogens with one attached hydrogen (secondary N) is 1. The van der Waals surface area contributed by atoms with Crippen LogP contribution in [0.1, 0.15) is 24.0 Å². The third kappa shape index (κ3) is 4.42. The first-order valence-electron chi connectivity index (χ1n) is 11.6. The first-order valence-corrected chi connectivity index (χ1v) is 11.6. The van der Waals surface area contributed by atoms with Gasteiger partial charge in [-0.05, 0) is 77.6 Å². The summed E-state index contributed by atoms with van der Waals surface area (Å²) < 4.78 is 5.31. The number of aryl methyl sites for hydroxylation is 1. The van der Waals surface area contributed by atoms with Crippen LogP contribution >= 0.6 is 0 Å². The Balaban J connectivity index is 1.32. The second-order valence-electron chi connectivity index (χ2n) is 8.62. The molecule has 1 aliphatic rings. The Morgan fingerprint density at radius 2 is 1.74 bits per heavy atom. The number of benzene rings is 3. The molecule has 4 aromatic rings. The molecule has 0 saturated heterocycles. The van der Waals surface area contributed by atoms with Gasteiger partial charge >= 0.3 is 0 Å². The van der Waals surface area contributed by atoms with Crippen molar-refractivity contribution in [3.8, 4) is 22.8 Å². The molecule has 2 heterocycles. The largest absolute Gasteiger partial charge is 0.508 e. The predicted octanol–water partition coefficient (Wildman–Crippen LogP) is 5.80. The van der Waals surface area contributed by atoms with Crippen LogP contribution in [0.4, 0.5) is 0 Å². The first kappa shape index (κ1) is 21.8. The van der Waals surface area contributed by atoms with Gasteiger partial charge in [-0.25, -0.2) is 0 Å². The van der Waals surface area contributed by atoms with Crippen molar-refractivity contribution in [1.29, 1.82) is 0 Å². The number of carbonyl (C=O) groups is 1. The van der Waals surface area contributed by atoms with E-state index in [4.69, 9.17) is 4.74 Å². The maximum absolute atomic E-state index is 13.1. The lowest BCUT2D eigenvalue weighted by molar-refractivity contribution is -0.130. The molecule has 5 heteroatoms. The van der Waals surface area contributed by atoms with Crippen LogP contribution in [0, 0.1) is 0 Å². The quantitative estimate of drug-likeness (QED) is 0.389. The molecule has 1 amide bonds. The van der Waals surface area contributed by atoms with Crippen LogP contribution in [0.15, 0.2) is 78.9 Å².